The predicted octanol–water partition coefficient (Wildman–Crippen LogP) is 2.11. The van der Waals surface area contributed by atoms with E-state index in [1.165, 1.54) is 0 Å². The number of nitrogens with one attached hydrogen (secondary N) is 3. The average Bonchev–Trinajstić information content (AvgIpc) is 2.88. The van der Waals surface area contributed by atoms with Gasteiger partial charge < -0.3 is 30.9 Å². The Hall–Kier alpha value is -3.92. The molecular formula is C28H37N3O7. The summed E-state index contributed by atoms with van der Waals surface area (Å²) >= 11 is 0. The van der Waals surface area contributed by atoms with Crippen molar-refractivity contribution in [3.8, 4) is 5.75 Å². The van der Waals surface area contributed by atoms with Gasteiger partial charge in [0, 0.05) is 5.56 Å². The van der Waals surface area contributed by atoms with E-state index in [2.05, 4.69) is 16.0 Å². The first-order valence-corrected chi connectivity index (χ1v) is 12.5. The van der Waals surface area contributed by atoms with Gasteiger partial charge in [0.1, 0.15) is 30.5 Å². The van der Waals surface area contributed by atoms with Gasteiger partial charge in [0.05, 0.1) is 6.61 Å². The average molecular weight is 528 g/mol. The van der Waals surface area contributed by atoms with Crippen molar-refractivity contribution in [2.45, 2.75) is 58.8 Å². The van der Waals surface area contributed by atoms with Crippen molar-refractivity contribution in [1.29, 1.82) is 0 Å². The van der Waals surface area contributed by atoms with E-state index in [1.807, 2.05) is 44.2 Å². The Labute approximate surface area is 222 Å². The molecule has 0 aliphatic carbocycles. The molecule has 10 heteroatoms. The number of hydrogen-bond acceptors (Lipinski definition) is 6. The number of carboxylic acids is 1. The topological polar surface area (TPSA) is 154 Å². The van der Waals surface area contributed by atoms with Crippen LogP contribution in [0.2, 0.25) is 0 Å². The molecule has 2 aromatic rings. The number of ether oxygens (including phenoxy) is 1. The second-order valence-electron chi connectivity index (χ2n) is 9.77. The predicted molar refractivity (Wildman–Crippen MR) is 141 cm³/mol. The lowest BCUT2D eigenvalue weighted by Gasteiger charge is -2.26. The Balaban J connectivity index is 2.05. The van der Waals surface area contributed by atoms with Crippen LogP contribution in [-0.4, -0.2) is 58.6 Å². The first-order chi connectivity index (χ1) is 18.0. The summed E-state index contributed by atoms with van der Waals surface area (Å²) in [7, 11) is 0. The van der Waals surface area contributed by atoms with E-state index in [0.29, 0.717) is 17.9 Å². The lowest BCUT2D eigenvalue weighted by atomic mass is 9.99. The number of rotatable bonds is 14. The van der Waals surface area contributed by atoms with Crippen LogP contribution < -0.4 is 20.7 Å². The third-order valence-corrected chi connectivity index (χ3v) is 5.74. The van der Waals surface area contributed by atoms with E-state index >= 15 is 0 Å². The minimum absolute atomic E-state index is 0.00169. The van der Waals surface area contributed by atoms with Crippen molar-refractivity contribution in [2.75, 3.05) is 6.61 Å². The van der Waals surface area contributed by atoms with Crippen LogP contribution in [0.25, 0.3) is 0 Å². The largest absolute Gasteiger partial charge is 0.489 e. The zero-order valence-corrected chi connectivity index (χ0v) is 22.1. The van der Waals surface area contributed by atoms with Gasteiger partial charge in [-0.25, -0.2) is 4.79 Å². The molecule has 0 heterocycles. The fourth-order valence-electron chi connectivity index (χ4n) is 3.63. The van der Waals surface area contributed by atoms with Crippen molar-refractivity contribution >= 4 is 23.7 Å². The van der Waals surface area contributed by atoms with Crippen molar-refractivity contribution < 1.29 is 34.1 Å². The number of carboxylic acid groups (broad SMARTS) is 1. The lowest BCUT2D eigenvalue weighted by molar-refractivity contribution is -0.143. The molecule has 0 fully saturated rings. The van der Waals surface area contributed by atoms with Gasteiger partial charge in [-0.3, -0.25) is 14.4 Å². The highest BCUT2D eigenvalue weighted by atomic mass is 16.5. The van der Waals surface area contributed by atoms with Gasteiger partial charge in [-0.1, -0.05) is 58.0 Å². The number of benzene rings is 2. The van der Waals surface area contributed by atoms with Crippen LogP contribution >= 0.6 is 0 Å². The van der Waals surface area contributed by atoms with Crippen LogP contribution in [0, 0.1) is 11.8 Å². The van der Waals surface area contributed by atoms with Gasteiger partial charge in [0.25, 0.3) is 5.91 Å². The van der Waals surface area contributed by atoms with Crippen LogP contribution in [0.1, 0.15) is 50.0 Å². The van der Waals surface area contributed by atoms with Crippen molar-refractivity contribution in [3.63, 3.8) is 0 Å². The molecule has 10 nitrogen and oxygen atoms in total. The molecule has 0 spiro atoms. The zero-order chi connectivity index (χ0) is 28.2. The molecule has 0 saturated carbocycles. The fourth-order valence-corrected chi connectivity index (χ4v) is 3.63. The maximum absolute atomic E-state index is 13.1. The van der Waals surface area contributed by atoms with Crippen molar-refractivity contribution in [2.24, 2.45) is 11.8 Å². The highest BCUT2D eigenvalue weighted by Crippen LogP contribution is 2.15. The Morgan fingerprint density at radius 2 is 1.42 bits per heavy atom. The summed E-state index contributed by atoms with van der Waals surface area (Å²) in [5.41, 5.74) is 1.35. The molecule has 0 aliphatic heterocycles. The molecule has 0 aromatic heterocycles. The fraction of sp³-hybridized carbons (Fsp3) is 0.429. The van der Waals surface area contributed by atoms with E-state index in [0.717, 1.165) is 5.56 Å². The van der Waals surface area contributed by atoms with Crippen LogP contribution in [0.4, 0.5) is 0 Å². The van der Waals surface area contributed by atoms with Gasteiger partial charge in [-0.15, -0.1) is 0 Å². The van der Waals surface area contributed by atoms with E-state index < -0.39 is 48.4 Å². The molecule has 0 aliphatic rings. The summed E-state index contributed by atoms with van der Waals surface area (Å²) in [6.45, 7) is 6.82. The Bertz CT molecular complexity index is 1070. The molecule has 206 valence electrons. The zero-order valence-electron chi connectivity index (χ0n) is 22.1. The second-order valence-corrected chi connectivity index (χ2v) is 9.77. The minimum Gasteiger partial charge on any atom is -0.489 e. The molecule has 0 radical (unpaired) electrons. The monoisotopic (exact) mass is 527 g/mol. The molecule has 0 bridgehead atoms. The molecule has 3 atom stereocenters. The van der Waals surface area contributed by atoms with E-state index in [9.17, 15) is 24.3 Å². The highest BCUT2D eigenvalue weighted by molar-refractivity contribution is 5.98. The maximum atomic E-state index is 13.1. The molecule has 38 heavy (non-hydrogen) atoms. The van der Waals surface area contributed by atoms with E-state index in [1.54, 1.807) is 38.1 Å². The molecule has 5 N–H and O–H groups in total. The molecule has 3 amide bonds. The SMILES string of the molecule is CC(C)C[C@H](NC(=O)[C@@H](NC(=O)c1ccc(OCc2ccccc2)cc1)C(C)C)C(=O)N[C@@H](CO)C(=O)O. The number of aliphatic hydroxyl groups excluding tert-OH is 1. The van der Waals surface area contributed by atoms with Crippen LogP contribution in [0.15, 0.2) is 54.6 Å². The van der Waals surface area contributed by atoms with Gasteiger partial charge in [-0.05, 0) is 48.1 Å². The van der Waals surface area contributed by atoms with Crippen LogP contribution in [0.3, 0.4) is 0 Å². The van der Waals surface area contributed by atoms with E-state index in [-0.39, 0.29) is 18.3 Å². The summed E-state index contributed by atoms with van der Waals surface area (Å²) in [5, 5.41) is 25.9. The normalized spacial score (nSPS) is 13.3. The Kier molecular flexibility index (Phi) is 11.7. The lowest BCUT2D eigenvalue weighted by Crippen LogP contribution is -2.57. The number of aliphatic carboxylic acids is 1. The first kappa shape index (κ1) is 30.3. The first-order valence-electron chi connectivity index (χ1n) is 12.5. The summed E-state index contributed by atoms with van der Waals surface area (Å²) in [6.07, 6.45) is 0.235. The third kappa shape index (κ3) is 9.51. The summed E-state index contributed by atoms with van der Waals surface area (Å²) < 4.78 is 5.75. The highest BCUT2D eigenvalue weighted by Gasteiger charge is 2.31. The number of aliphatic hydroxyl groups is 1. The second kappa shape index (κ2) is 14.7. The number of amides is 3. The maximum Gasteiger partial charge on any atom is 0.328 e. The Morgan fingerprint density at radius 3 is 1.95 bits per heavy atom. The molecule has 2 aromatic carbocycles. The smallest absolute Gasteiger partial charge is 0.328 e. The van der Waals surface area contributed by atoms with Gasteiger partial charge in [0.15, 0.2) is 0 Å². The van der Waals surface area contributed by atoms with Crippen molar-refractivity contribution in [3.05, 3.63) is 65.7 Å². The molecule has 0 unspecified atom stereocenters. The van der Waals surface area contributed by atoms with Crippen LogP contribution in [0.5, 0.6) is 5.75 Å². The van der Waals surface area contributed by atoms with E-state index in [4.69, 9.17) is 9.84 Å². The summed E-state index contributed by atoms with van der Waals surface area (Å²) in [4.78, 5) is 49.9. The molecule has 0 saturated heterocycles. The van der Waals surface area contributed by atoms with Gasteiger partial charge in [-0.2, -0.15) is 0 Å². The number of carbonyl (C=O) groups is 4. The quantitative estimate of drug-likeness (QED) is 0.252. The van der Waals surface area contributed by atoms with Crippen molar-refractivity contribution in [1.82, 2.24) is 16.0 Å². The van der Waals surface area contributed by atoms with Gasteiger partial charge >= 0.3 is 5.97 Å². The standard InChI is InChI=1S/C28H37N3O7/c1-17(2)14-22(26(34)30-23(15-32)28(36)37)29-27(35)24(18(3)4)31-25(33)20-10-12-21(13-11-20)38-16-19-8-6-5-7-9-19/h5-13,17-18,22-24,32H,14-16H2,1-4H3,(H,29,35)(H,30,34)(H,31,33)(H,36,37)/t22-,23-,24-/m0/s1. The minimum atomic E-state index is -1.49. The van der Waals surface area contributed by atoms with Gasteiger partial charge in [0.2, 0.25) is 11.8 Å². The summed E-state index contributed by atoms with van der Waals surface area (Å²) in [5.74, 6) is -2.88. The summed E-state index contributed by atoms with van der Waals surface area (Å²) in [6, 6.07) is 12.7. The third-order valence-electron chi connectivity index (χ3n) is 5.74. The van der Waals surface area contributed by atoms with Crippen LogP contribution in [-0.2, 0) is 21.0 Å². The molecule has 2 rings (SSSR count). The number of carbonyl (C=O) groups excluding carboxylic acids is 3. The molecular weight excluding hydrogens is 490 g/mol. The Morgan fingerprint density at radius 1 is 0.816 bits per heavy atom. The number of hydrogen-bond donors (Lipinski definition) is 5.